The number of carbonyl (C=O) groups is 2. The van der Waals surface area contributed by atoms with Crippen molar-refractivity contribution in [3.63, 3.8) is 0 Å². The number of rotatable bonds is 6. The van der Waals surface area contributed by atoms with Crippen LogP contribution in [0.5, 0.6) is 0 Å². The van der Waals surface area contributed by atoms with Crippen molar-refractivity contribution in [3.8, 4) is 0 Å². The Balaban J connectivity index is 2.48. The Hall–Kier alpha value is -0.760. The van der Waals surface area contributed by atoms with E-state index in [1.165, 1.54) is 23.8 Å². The molecule has 0 N–H and O–H groups in total. The van der Waals surface area contributed by atoms with Crippen LogP contribution in [0.3, 0.4) is 0 Å². The quantitative estimate of drug-likeness (QED) is 0.655. The van der Waals surface area contributed by atoms with E-state index in [2.05, 4.69) is 4.74 Å². The normalized spacial score (nSPS) is 20.9. The molecule has 0 saturated carbocycles. The van der Waals surface area contributed by atoms with Gasteiger partial charge < -0.3 is 9.64 Å². The molecule has 8 heteroatoms. The highest BCUT2D eigenvalue weighted by atomic mass is 32.2. The Kier molecular flexibility index (Phi) is 6.32. The van der Waals surface area contributed by atoms with E-state index in [0.717, 1.165) is 0 Å². The Bertz CT molecular complexity index is 460. The van der Waals surface area contributed by atoms with Gasteiger partial charge in [0.25, 0.3) is 0 Å². The van der Waals surface area contributed by atoms with Crippen LogP contribution < -0.4 is 0 Å². The number of sulfone groups is 1. The summed E-state index contributed by atoms with van der Waals surface area (Å²) in [6, 6.07) is -0.102. The first-order valence-electron chi connectivity index (χ1n) is 6.43. The monoisotopic (exact) mass is 323 g/mol. The summed E-state index contributed by atoms with van der Waals surface area (Å²) >= 11 is 1.35. The third kappa shape index (κ3) is 5.32. The second-order valence-corrected chi connectivity index (χ2v) is 8.54. The number of thioether (sulfide) groups is 1. The molecule has 1 rings (SSSR count). The van der Waals surface area contributed by atoms with E-state index in [1.54, 1.807) is 0 Å². The standard InChI is InChI=1S/C12H21NO5S2/c1-9(2)13(6-12(15)18-3)11(14)7-19-10-4-5-20(16,17)8-10/h9-10H,4-8H2,1-3H3. The fraction of sp³-hybridized carbons (Fsp3) is 0.833. The van der Waals surface area contributed by atoms with Crippen molar-refractivity contribution in [1.82, 2.24) is 4.90 Å². The van der Waals surface area contributed by atoms with Gasteiger partial charge >= 0.3 is 5.97 Å². The van der Waals surface area contributed by atoms with Crippen LogP contribution >= 0.6 is 11.8 Å². The van der Waals surface area contributed by atoms with Crippen molar-refractivity contribution in [2.24, 2.45) is 0 Å². The first-order chi connectivity index (χ1) is 9.25. The number of hydrogen-bond donors (Lipinski definition) is 0. The maximum absolute atomic E-state index is 12.1. The maximum atomic E-state index is 12.1. The molecule has 0 radical (unpaired) electrons. The van der Waals surface area contributed by atoms with Crippen LogP contribution in [0, 0.1) is 0 Å². The van der Waals surface area contributed by atoms with Gasteiger partial charge in [0.2, 0.25) is 5.91 Å². The molecular formula is C12H21NO5S2. The van der Waals surface area contributed by atoms with Gasteiger partial charge in [0, 0.05) is 11.3 Å². The molecule has 1 heterocycles. The molecule has 0 aromatic heterocycles. The van der Waals surface area contributed by atoms with Crippen LogP contribution in [0.2, 0.25) is 0 Å². The summed E-state index contributed by atoms with van der Waals surface area (Å²) in [6.07, 6.45) is 0.596. The molecule has 1 aliphatic rings. The zero-order valence-corrected chi connectivity index (χ0v) is 13.6. The van der Waals surface area contributed by atoms with Crippen molar-refractivity contribution in [2.75, 3.05) is 30.9 Å². The molecule has 0 aliphatic carbocycles. The number of nitrogens with zero attached hydrogens (tertiary/aromatic N) is 1. The van der Waals surface area contributed by atoms with Gasteiger partial charge in [-0.3, -0.25) is 9.59 Å². The van der Waals surface area contributed by atoms with Crippen LogP contribution in [0.4, 0.5) is 0 Å². The van der Waals surface area contributed by atoms with Crippen molar-refractivity contribution in [3.05, 3.63) is 0 Å². The zero-order valence-electron chi connectivity index (χ0n) is 12.0. The van der Waals surface area contributed by atoms with Crippen LogP contribution in [0.15, 0.2) is 0 Å². The minimum Gasteiger partial charge on any atom is -0.468 e. The third-order valence-electron chi connectivity index (χ3n) is 3.10. The highest BCUT2D eigenvalue weighted by Crippen LogP contribution is 2.24. The summed E-state index contributed by atoms with van der Waals surface area (Å²) < 4.78 is 27.3. The Morgan fingerprint density at radius 1 is 1.40 bits per heavy atom. The Labute approximate surface area is 124 Å². The molecule has 20 heavy (non-hydrogen) atoms. The van der Waals surface area contributed by atoms with Crippen molar-refractivity contribution < 1.29 is 22.7 Å². The van der Waals surface area contributed by atoms with E-state index in [1.807, 2.05) is 13.8 Å². The smallest absolute Gasteiger partial charge is 0.325 e. The second-order valence-electron chi connectivity index (χ2n) is 5.03. The lowest BCUT2D eigenvalue weighted by Crippen LogP contribution is -2.42. The van der Waals surface area contributed by atoms with E-state index in [9.17, 15) is 18.0 Å². The molecule has 116 valence electrons. The molecule has 0 aromatic carbocycles. The summed E-state index contributed by atoms with van der Waals surface area (Å²) in [6.45, 7) is 3.58. The summed E-state index contributed by atoms with van der Waals surface area (Å²) in [5.41, 5.74) is 0. The van der Waals surface area contributed by atoms with Crippen LogP contribution in [-0.2, 0) is 24.2 Å². The van der Waals surface area contributed by atoms with Gasteiger partial charge in [0.15, 0.2) is 9.84 Å². The largest absolute Gasteiger partial charge is 0.468 e. The minimum absolute atomic E-state index is 0.0175. The van der Waals surface area contributed by atoms with Gasteiger partial charge in [0.1, 0.15) is 6.54 Å². The third-order valence-corrected chi connectivity index (χ3v) is 6.37. The average Bonchev–Trinajstić information content (AvgIpc) is 2.72. The van der Waals surface area contributed by atoms with Crippen molar-refractivity contribution in [2.45, 2.75) is 31.6 Å². The molecular weight excluding hydrogens is 302 g/mol. The Morgan fingerprint density at radius 3 is 2.50 bits per heavy atom. The van der Waals surface area contributed by atoms with Crippen LogP contribution in [-0.4, -0.2) is 67.4 Å². The number of amides is 1. The molecule has 0 spiro atoms. The number of hydrogen-bond acceptors (Lipinski definition) is 6. The SMILES string of the molecule is COC(=O)CN(C(=O)CSC1CCS(=O)(=O)C1)C(C)C. The molecule has 1 unspecified atom stereocenters. The number of carbonyl (C=O) groups excluding carboxylic acids is 2. The highest BCUT2D eigenvalue weighted by Gasteiger charge is 2.29. The van der Waals surface area contributed by atoms with Gasteiger partial charge in [-0.05, 0) is 20.3 Å². The van der Waals surface area contributed by atoms with Gasteiger partial charge in [-0.1, -0.05) is 0 Å². The number of esters is 1. The van der Waals surface area contributed by atoms with Crippen LogP contribution in [0.25, 0.3) is 0 Å². The lowest BCUT2D eigenvalue weighted by atomic mass is 10.3. The number of ether oxygens (including phenoxy) is 1. The lowest BCUT2D eigenvalue weighted by Gasteiger charge is -2.25. The van der Waals surface area contributed by atoms with Crippen LogP contribution in [0.1, 0.15) is 20.3 Å². The lowest BCUT2D eigenvalue weighted by molar-refractivity contribution is -0.147. The average molecular weight is 323 g/mol. The van der Waals surface area contributed by atoms with Crippen molar-refractivity contribution in [1.29, 1.82) is 0 Å². The summed E-state index contributed by atoms with van der Waals surface area (Å²) in [4.78, 5) is 24.8. The predicted molar refractivity (Wildman–Crippen MR) is 78.4 cm³/mol. The summed E-state index contributed by atoms with van der Waals surface area (Å²) in [5, 5.41) is -0.0175. The molecule has 1 saturated heterocycles. The zero-order chi connectivity index (χ0) is 15.3. The molecule has 0 aromatic rings. The number of methoxy groups -OCH3 is 1. The highest BCUT2D eigenvalue weighted by molar-refractivity contribution is 8.02. The maximum Gasteiger partial charge on any atom is 0.325 e. The fourth-order valence-corrected chi connectivity index (χ4v) is 5.45. The van der Waals surface area contributed by atoms with E-state index in [4.69, 9.17) is 0 Å². The molecule has 1 fully saturated rings. The predicted octanol–water partition coefficient (Wildman–Crippen LogP) is 0.317. The van der Waals surface area contributed by atoms with Gasteiger partial charge in [-0.15, -0.1) is 11.8 Å². The summed E-state index contributed by atoms with van der Waals surface area (Å²) in [5.74, 6) is -0.0892. The molecule has 1 amide bonds. The molecule has 0 bridgehead atoms. The van der Waals surface area contributed by atoms with E-state index in [-0.39, 0.29) is 41.0 Å². The summed E-state index contributed by atoms with van der Waals surface area (Å²) in [7, 11) is -1.64. The van der Waals surface area contributed by atoms with Crippen molar-refractivity contribution >= 4 is 33.5 Å². The topological polar surface area (TPSA) is 80.8 Å². The van der Waals surface area contributed by atoms with E-state index in [0.29, 0.717) is 6.42 Å². The van der Waals surface area contributed by atoms with Gasteiger partial charge in [-0.2, -0.15) is 0 Å². The van der Waals surface area contributed by atoms with Gasteiger partial charge in [0.05, 0.1) is 24.4 Å². The molecule has 6 nitrogen and oxygen atoms in total. The fourth-order valence-electron chi connectivity index (χ4n) is 1.93. The minimum atomic E-state index is -2.92. The van der Waals surface area contributed by atoms with Gasteiger partial charge in [-0.25, -0.2) is 8.42 Å². The Morgan fingerprint density at radius 2 is 2.05 bits per heavy atom. The first kappa shape index (κ1) is 17.3. The second kappa shape index (κ2) is 7.31. The van der Waals surface area contributed by atoms with E-state index >= 15 is 0 Å². The van der Waals surface area contributed by atoms with E-state index < -0.39 is 15.8 Å². The first-order valence-corrected chi connectivity index (χ1v) is 9.30. The molecule has 1 aliphatic heterocycles. The molecule has 1 atom stereocenters.